The number of nitrogens with one attached hydrogen (secondary N) is 1. The van der Waals surface area contributed by atoms with Crippen LogP contribution in [0.2, 0.25) is 0 Å². The number of hydrogen-bond acceptors (Lipinski definition) is 4. The van der Waals surface area contributed by atoms with Crippen molar-refractivity contribution >= 4 is 11.6 Å². The fourth-order valence-corrected chi connectivity index (χ4v) is 3.33. The first-order chi connectivity index (χ1) is 10.1. The Morgan fingerprint density at radius 2 is 1.86 bits per heavy atom. The summed E-state index contributed by atoms with van der Waals surface area (Å²) in [5.74, 6) is 2.53. The van der Waals surface area contributed by atoms with Crippen LogP contribution in [0, 0.1) is 0 Å². The number of rotatable bonds is 5. The molecule has 1 aromatic rings. The summed E-state index contributed by atoms with van der Waals surface area (Å²) in [7, 11) is 2.21. The minimum Gasteiger partial charge on any atom is -0.370 e. The van der Waals surface area contributed by atoms with Crippen molar-refractivity contribution in [3.8, 4) is 0 Å². The molecule has 1 aliphatic carbocycles. The van der Waals surface area contributed by atoms with Crippen LogP contribution in [0.4, 0.5) is 11.6 Å². The SMILES string of the molecule is CCNc1ncnc(N(C)C2CCCCCC2)c1C(C)C. The van der Waals surface area contributed by atoms with Gasteiger partial charge in [-0.1, -0.05) is 39.5 Å². The number of hydrogen-bond donors (Lipinski definition) is 1. The van der Waals surface area contributed by atoms with Crippen LogP contribution >= 0.6 is 0 Å². The van der Waals surface area contributed by atoms with Crippen molar-refractivity contribution in [2.45, 2.75) is 71.3 Å². The van der Waals surface area contributed by atoms with E-state index in [1.54, 1.807) is 6.33 Å². The van der Waals surface area contributed by atoms with Crippen molar-refractivity contribution in [2.75, 3.05) is 23.8 Å². The molecule has 1 fully saturated rings. The lowest BCUT2D eigenvalue weighted by Crippen LogP contribution is -2.33. The van der Waals surface area contributed by atoms with E-state index >= 15 is 0 Å². The normalized spacial score (nSPS) is 16.8. The zero-order chi connectivity index (χ0) is 15.2. The molecule has 0 aromatic carbocycles. The van der Waals surface area contributed by atoms with Crippen molar-refractivity contribution < 1.29 is 0 Å². The van der Waals surface area contributed by atoms with E-state index in [9.17, 15) is 0 Å². The van der Waals surface area contributed by atoms with Gasteiger partial charge in [-0.25, -0.2) is 9.97 Å². The van der Waals surface area contributed by atoms with E-state index in [0.29, 0.717) is 12.0 Å². The molecule has 0 radical (unpaired) electrons. The Balaban J connectivity index is 2.30. The molecule has 0 atom stereocenters. The molecule has 0 spiro atoms. The third-order valence-corrected chi connectivity index (χ3v) is 4.49. The van der Waals surface area contributed by atoms with E-state index < -0.39 is 0 Å². The second-order valence-electron chi connectivity index (χ2n) is 6.40. The van der Waals surface area contributed by atoms with Crippen LogP contribution in [-0.2, 0) is 0 Å². The molecule has 0 saturated heterocycles. The van der Waals surface area contributed by atoms with Crippen molar-refractivity contribution in [3.05, 3.63) is 11.9 Å². The molecule has 1 aromatic heterocycles. The Morgan fingerprint density at radius 3 is 2.43 bits per heavy atom. The second kappa shape index (κ2) is 7.62. The molecule has 2 rings (SSSR count). The smallest absolute Gasteiger partial charge is 0.137 e. The molecule has 1 saturated carbocycles. The summed E-state index contributed by atoms with van der Waals surface area (Å²) in [6.07, 6.45) is 9.73. The van der Waals surface area contributed by atoms with Crippen LogP contribution in [0.1, 0.15) is 70.8 Å². The Kier molecular flexibility index (Phi) is 5.83. The van der Waals surface area contributed by atoms with Crippen LogP contribution in [0.5, 0.6) is 0 Å². The van der Waals surface area contributed by atoms with E-state index in [4.69, 9.17) is 0 Å². The van der Waals surface area contributed by atoms with Gasteiger partial charge in [-0.05, 0) is 25.7 Å². The van der Waals surface area contributed by atoms with Gasteiger partial charge in [-0.15, -0.1) is 0 Å². The van der Waals surface area contributed by atoms with Crippen molar-refractivity contribution in [1.29, 1.82) is 0 Å². The maximum Gasteiger partial charge on any atom is 0.137 e. The molecular formula is C17H30N4. The molecule has 118 valence electrons. The van der Waals surface area contributed by atoms with Crippen molar-refractivity contribution in [3.63, 3.8) is 0 Å². The third kappa shape index (κ3) is 3.86. The minimum absolute atomic E-state index is 0.420. The van der Waals surface area contributed by atoms with Crippen LogP contribution in [-0.4, -0.2) is 29.6 Å². The third-order valence-electron chi connectivity index (χ3n) is 4.49. The first-order valence-corrected chi connectivity index (χ1v) is 8.46. The lowest BCUT2D eigenvalue weighted by atomic mass is 10.0. The molecular weight excluding hydrogens is 260 g/mol. The second-order valence-corrected chi connectivity index (χ2v) is 6.40. The molecule has 4 heteroatoms. The molecule has 1 aliphatic rings. The molecule has 4 nitrogen and oxygen atoms in total. The quantitative estimate of drug-likeness (QED) is 0.826. The minimum atomic E-state index is 0.420. The summed E-state index contributed by atoms with van der Waals surface area (Å²) in [6.45, 7) is 7.46. The largest absolute Gasteiger partial charge is 0.370 e. The molecule has 1 heterocycles. The topological polar surface area (TPSA) is 41.1 Å². The lowest BCUT2D eigenvalue weighted by molar-refractivity contribution is 0.546. The maximum atomic E-state index is 4.62. The van der Waals surface area contributed by atoms with Gasteiger partial charge in [-0.3, -0.25) is 0 Å². The average Bonchev–Trinajstić information content (AvgIpc) is 2.75. The number of anilines is 2. The van der Waals surface area contributed by atoms with Gasteiger partial charge < -0.3 is 10.2 Å². The van der Waals surface area contributed by atoms with Gasteiger partial charge in [0.1, 0.15) is 18.0 Å². The molecule has 0 bridgehead atoms. The van der Waals surface area contributed by atoms with Gasteiger partial charge in [0.2, 0.25) is 0 Å². The van der Waals surface area contributed by atoms with Crippen molar-refractivity contribution in [1.82, 2.24) is 9.97 Å². The molecule has 0 amide bonds. The highest BCUT2D eigenvalue weighted by molar-refractivity contribution is 5.60. The Hall–Kier alpha value is -1.32. The maximum absolute atomic E-state index is 4.62. The van der Waals surface area contributed by atoms with E-state index in [1.807, 2.05) is 0 Å². The van der Waals surface area contributed by atoms with Gasteiger partial charge >= 0.3 is 0 Å². The Labute approximate surface area is 129 Å². The summed E-state index contributed by atoms with van der Waals surface area (Å²) < 4.78 is 0. The molecule has 0 aliphatic heterocycles. The van der Waals surface area contributed by atoms with Crippen LogP contribution in [0.15, 0.2) is 6.33 Å². The highest BCUT2D eigenvalue weighted by atomic mass is 15.2. The zero-order valence-electron chi connectivity index (χ0n) is 14.0. The molecule has 0 unspecified atom stereocenters. The standard InChI is InChI=1S/C17H30N4/c1-5-18-16-15(13(2)3)17(20-12-19-16)21(4)14-10-8-6-7-9-11-14/h12-14H,5-11H2,1-4H3,(H,18,19,20). The summed E-state index contributed by atoms with van der Waals surface area (Å²) >= 11 is 0. The number of aromatic nitrogens is 2. The van der Waals surface area contributed by atoms with Gasteiger partial charge in [-0.2, -0.15) is 0 Å². The summed E-state index contributed by atoms with van der Waals surface area (Å²) in [5.41, 5.74) is 1.26. The molecule has 21 heavy (non-hydrogen) atoms. The Bertz CT molecular complexity index is 436. The lowest BCUT2D eigenvalue weighted by Gasteiger charge is -2.31. The van der Waals surface area contributed by atoms with Gasteiger partial charge in [0, 0.05) is 25.2 Å². The highest BCUT2D eigenvalue weighted by Crippen LogP contribution is 2.33. The van der Waals surface area contributed by atoms with E-state index in [1.165, 1.54) is 44.1 Å². The monoisotopic (exact) mass is 290 g/mol. The highest BCUT2D eigenvalue weighted by Gasteiger charge is 2.23. The predicted octanol–water partition coefficient (Wildman–Crippen LogP) is 4.19. The average molecular weight is 290 g/mol. The first-order valence-electron chi connectivity index (χ1n) is 8.46. The van der Waals surface area contributed by atoms with Crippen LogP contribution in [0.3, 0.4) is 0 Å². The summed E-state index contributed by atoms with van der Waals surface area (Å²) in [5, 5.41) is 3.39. The fraction of sp³-hybridized carbons (Fsp3) is 0.765. The van der Waals surface area contributed by atoms with Gasteiger partial charge in [0.15, 0.2) is 0 Å². The molecule has 1 N–H and O–H groups in total. The van der Waals surface area contributed by atoms with Crippen molar-refractivity contribution in [2.24, 2.45) is 0 Å². The van der Waals surface area contributed by atoms with Gasteiger partial charge in [0.05, 0.1) is 0 Å². The van der Waals surface area contributed by atoms with E-state index in [0.717, 1.165) is 18.2 Å². The van der Waals surface area contributed by atoms with Gasteiger partial charge in [0.25, 0.3) is 0 Å². The summed E-state index contributed by atoms with van der Waals surface area (Å²) in [4.78, 5) is 11.5. The van der Waals surface area contributed by atoms with E-state index in [-0.39, 0.29) is 0 Å². The predicted molar refractivity (Wildman–Crippen MR) is 90.2 cm³/mol. The van der Waals surface area contributed by atoms with Crippen LogP contribution < -0.4 is 10.2 Å². The fourth-order valence-electron chi connectivity index (χ4n) is 3.33. The zero-order valence-corrected chi connectivity index (χ0v) is 14.0. The van der Waals surface area contributed by atoms with Crippen LogP contribution in [0.25, 0.3) is 0 Å². The first kappa shape index (κ1) is 16.1. The number of nitrogens with zero attached hydrogens (tertiary/aromatic N) is 3. The summed E-state index contributed by atoms with van der Waals surface area (Å²) in [6, 6.07) is 0.620. The van der Waals surface area contributed by atoms with E-state index in [2.05, 4.69) is 48.0 Å². The Morgan fingerprint density at radius 1 is 1.19 bits per heavy atom.